The Morgan fingerprint density at radius 3 is 2.84 bits per heavy atom. The number of benzene rings is 2. The molecule has 0 saturated carbocycles. The minimum absolute atomic E-state index is 0.240. The van der Waals surface area contributed by atoms with Gasteiger partial charge in [0.15, 0.2) is 5.58 Å². The van der Waals surface area contributed by atoms with Crippen molar-refractivity contribution in [3.8, 4) is 5.75 Å². The van der Waals surface area contributed by atoms with Crippen LogP contribution in [0.2, 0.25) is 0 Å². The van der Waals surface area contributed by atoms with Gasteiger partial charge in [-0.05, 0) is 67.4 Å². The highest BCUT2D eigenvalue weighted by Gasteiger charge is 2.32. The Hall–Kier alpha value is -2.97. The number of nitrogens with one attached hydrogen (secondary N) is 3. The highest BCUT2D eigenvalue weighted by atomic mass is 16.5. The van der Waals surface area contributed by atoms with Gasteiger partial charge in [-0.2, -0.15) is 0 Å². The smallest absolute Gasteiger partial charge is 0.235 e. The van der Waals surface area contributed by atoms with Crippen molar-refractivity contribution in [1.82, 2.24) is 21.1 Å². The number of carbonyl (C=O) groups excluding carboxylic acids is 2. The van der Waals surface area contributed by atoms with Gasteiger partial charge in [-0.1, -0.05) is 11.2 Å². The van der Waals surface area contributed by atoms with E-state index in [9.17, 15) is 9.59 Å². The van der Waals surface area contributed by atoms with Crippen molar-refractivity contribution in [2.45, 2.75) is 37.6 Å². The lowest BCUT2D eigenvalue weighted by Gasteiger charge is -2.23. The maximum absolute atomic E-state index is 12.4. The molecule has 2 saturated heterocycles. The molecule has 0 aliphatic carbocycles. The summed E-state index contributed by atoms with van der Waals surface area (Å²) in [5.41, 5.74) is 1.22. The van der Waals surface area contributed by atoms with E-state index in [-0.39, 0.29) is 11.8 Å². The quantitative estimate of drug-likeness (QED) is 0.413. The van der Waals surface area contributed by atoms with Gasteiger partial charge >= 0.3 is 0 Å². The van der Waals surface area contributed by atoms with E-state index in [0.29, 0.717) is 36.8 Å². The summed E-state index contributed by atoms with van der Waals surface area (Å²) in [6.07, 6.45) is 3.05. The molecule has 5 rings (SSSR count). The third-order valence-corrected chi connectivity index (χ3v) is 6.16. The van der Waals surface area contributed by atoms with Crippen molar-refractivity contribution < 1.29 is 18.8 Å². The van der Waals surface area contributed by atoms with Crippen LogP contribution in [0.5, 0.6) is 5.75 Å². The van der Waals surface area contributed by atoms with Crippen LogP contribution in [-0.4, -0.2) is 49.3 Å². The van der Waals surface area contributed by atoms with Crippen molar-refractivity contribution in [2.75, 3.05) is 26.2 Å². The number of carbonyl (C=O) groups is 2. The number of amides is 2. The van der Waals surface area contributed by atoms with Gasteiger partial charge in [-0.25, -0.2) is 0 Å². The molecule has 1 unspecified atom stereocenters. The fourth-order valence-electron chi connectivity index (χ4n) is 4.51. The first kappa shape index (κ1) is 20.0. The third-order valence-electron chi connectivity index (χ3n) is 6.16. The number of hydrogen-bond acceptors (Lipinski definition) is 7. The Labute approximate surface area is 179 Å². The van der Waals surface area contributed by atoms with E-state index in [2.05, 4.69) is 21.1 Å². The molecule has 2 aliphatic heterocycles. The second-order valence-corrected chi connectivity index (χ2v) is 8.22. The molecule has 8 heteroatoms. The second-order valence-electron chi connectivity index (χ2n) is 8.22. The Bertz CT molecular complexity index is 1120. The van der Waals surface area contributed by atoms with E-state index in [4.69, 9.17) is 9.26 Å². The van der Waals surface area contributed by atoms with Crippen molar-refractivity contribution in [2.24, 2.45) is 0 Å². The average molecular weight is 422 g/mol. The Kier molecular flexibility index (Phi) is 5.57. The van der Waals surface area contributed by atoms with Crippen LogP contribution in [0.15, 0.2) is 34.9 Å². The molecular weight excluding hydrogens is 396 g/mol. The van der Waals surface area contributed by atoms with Crippen LogP contribution >= 0.6 is 0 Å². The summed E-state index contributed by atoms with van der Waals surface area (Å²) in [5, 5.41) is 16.3. The number of rotatable bonds is 6. The summed E-state index contributed by atoms with van der Waals surface area (Å²) in [6.45, 7) is 3.56. The summed E-state index contributed by atoms with van der Waals surface area (Å²) in [5.74, 6) is -0.237. The molecule has 0 spiro atoms. The molecule has 1 aromatic heterocycles. The third kappa shape index (κ3) is 4.13. The predicted molar refractivity (Wildman–Crippen MR) is 116 cm³/mol. The van der Waals surface area contributed by atoms with Crippen molar-refractivity contribution >= 4 is 33.6 Å². The number of fused-ring (bicyclic) bond motifs is 3. The van der Waals surface area contributed by atoms with E-state index in [0.717, 1.165) is 54.4 Å². The molecule has 2 aromatic carbocycles. The normalized spacial score (nSPS) is 20.3. The summed E-state index contributed by atoms with van der Waals surface area (Å²) in [6, 6.07) is 10.3. The van der Waals surface area contributed by atoms with Gasteiger partial charge < -0.3 is 19.9 Å². The Balaban J connectivity index is 1.33. The lowest BCUT2D eigenvalue weighted by molar-refractivity contribution is -0.134. The Morgan fingerprint density at radius 2 is 2.00 bits per heavy atom. The number of aromatic nitrogens is 1. The average Bonchev–Trinajstić information content (AvgIpc) is 3.21. The fraction of sp³-hybridized carbons (Fsp3) is 0.435. The maximum atomic E-state index is 12.4. The molecule has 31 heavy (non-hydrogen) atoms. The standard InChI is InChI=1S/C23H26N4O4/c28-20-6-4-18(23(29)26-20)22-21-17-3-2-16(13-14(17)1-5-19(21)31-27-22)30-12-11-25-15-7-9-24-10-8-15/h1-3,5,13,15,18,24-25H,4,6-12H2,(H,26,28,29). The van der Waals surface area contributed by atoms with Crippen molar-refractivity contribution in [3.63, 3.8) is 0 Å². The number of nitrogens with zero attached hydrogens (tertiary/aromatic N) is 1. The van der Waals surface area contributed by atoms with E-state index >= 15 is 0 Å². The van der Waals surface area contributed by atoms with Gasteiger partial charge in [0.05, 0.1) is 11.3 Å². The summed E-state index contributed by atoms with van der Waals surface area (Å²) in [4.78, 5) is 23.9. The zero-order valence-corrected chi connectivity index (χ0v) is 17.3. The monoisotopic (exact) mass is 422 g/mol. The highest BCUT2D eigenvalue weighted by molar-refractivity contribution is 6.10. The van der Waals surface area contributed by atoms with Crippen LogP contribution in [-0.2, 0) is 9.59 Å². The molecule has 3 N–H and O–H groups in total. The summed E-state index contributed by atoms with van der Waals surface area (Å²) < 4.78 is 11.4. The molecular formula is C23H26N4O4. The fourth-order valence-corrected chi connectivity index (χ4v) is 4.51. The van der Waals surface area contributed by atoms with Gasteiger partial charge in [-0.15, -0.1) is 0 Å². The molecule has 0 bridgehead atoms. The van der Waals surface area contributed by atoms with Crippen LogP contribution < -0.4 is 20.7 Å². The van der Waals surface area contributed by atoms with Crippen LogP contribution in [0.4, 0.5) is 0 Å². The lowest BCUT2D eigenvalue weighted by atomic mass is 9.91. The molecule has 1 atom stereocenters. The van der Waals surface area contributed by atoms with Crippen LogP contribution in [0.25, 0.3) is 21.7 Å². The number of ether oxygens (including phenoxy) is 1. The van der Waals surface area contributed by atoms with E-state index in [1.54, 1.807) is 0 Å². The summed E-state index contributed by atoms with van der Waals surface area (Å²) in [7, 11) is 0. The zero-order valence-electron chi connectivity index (χ0n) is 17.3. The molecule has 2 aliphatic rings. The molecule has 2 fully saturated rings. The zero-order chi connectivity index (χ0) is 21.2. The first-order valence-electron chi connectivity index (χ1n) is 10.9. The molecule has 8 nitrogen and oxygen atoms in total. The first-order chi connectivity index (χ1) is 15.2. The SMILES string of the molecule is O=C1CCC(c2noc3ccc4cc(OCCNC5CCNCC5)ccc4c23)C(=O)N1. The van der Waals surface area contributed by atoms with Crippen LogP contribution in [0.3, 0.4) is 0 Å². The minimum atomic E-state index is -0.485. The number of hydrogen-bond donors (Lipinski definition) is 3. The molecule has 3 heterocycles. The van der Waals surface area contributed by atoms with Gasteiger partial charge in [0.25, 0.3) is 0 Å². The van der Waals surface area contributed by atoms with Crippen LogP contribution in [0, 0.1) is 0 Å². The lowest BCUT2D eigenvalue weighted by Crippen LogP contribution is -2.41. The van der Waals surface area contributed by atoms with Crippen molar-refractivity contribution in [1.29, 1.82) is 0 Å². The van der Waals surface area contributed by atoms with Gasteiger partial charge in [0.2, 0.25) is 11.8 Å². The van der Waals surface area contributed by atoms with Crippen LogP contribution in [0.1, 0.15) is 37.3 Å². The topological polar surface area (TPSA) is 105 Å². The van der Waals surface area contributed by atoms with E-state index in [1.807, 2.05) is 30.3 Å². The number of imide groups is 1. The highest BCUT2D eigenvalue weighted by Crippen LogP contribution is 2.36. The summed E-state index contributed by atoms with van der Waals surface area (Å²) >= 11 is 0. The molecule has 2 amide bonds. The first-order valence-corrected chi connectivity index (χ1v) is 10.9. The maximum Gasteiger partial charge on any atom is 0.235 e. The van der Waals surface area contributed by atoms with Gasteiger partial charge in [-0.3, -0.25) is 14.9 Å². The second kappa shape index (κ2) is 8.64. The Morgan fingerprint density at radius 1 is 1.13 bits per heavy atom. The number of piperidine rings is 2. The van der Waals surface area contributed by atoms with E-state index in [1.165, 1.54) is 0 Å². The van der Waals surface area contributed by atoms with Gasteiger partial charge in [0, 0.05) is 19.0 Å². The molecule has 0 radical (unpaired) electrons. The minimum Gasteiger partial charge on any atom is -0.492 e. The molecule has 162 valence electrons. The largest absolute Gasteiger partial charge is 0.492 e. The predicted octanol–water partition coefficient (Wildman–Crippen LogP) is 2.22. The molecule has 3 aromatic rings. The van der Waals surface area contributed by atoms with Crippen molar-refractivity contribution in [3.05, 3.63) is 36.0 Å². The van der Waals surface area contributed by atoms with Gasteiger partial charge in [0.1, 0.15) is 18.1 Å². The van der Waals surface area contributed by atoms with E-state index < -0.39 is 5.92 Å².